The lowest BCUT2D eigenvalue weighted by atomic mass is 10.2. The Hall–Kier alpha value is -3.69. The van der Waals surface area contributed by atoms with E-state index in [1.54, 1.807) is 36.5 Å². The quantitative estimate of drug-likeness (QED) is 0.661. The van der Waals surface area contributed by atoms with Crippen molar-refractivity contribution in [2.75, 3.05) is 26.6 Å². The van der Waals surface area contributed by atoms with E-state index in [2.05, 4.69) is 25.7 Å². The second-order valence-corrected chi connectivity index (χ2v) is 5.31. The van der Waals surface area contributed by atoms with Crippen molar-refractivity contribution in [1.82, 2.24) is 25.2 Å². The number of amides is 1. The summed E-state index contributed by atoms with van der Waals surface area (Å²) in [4.78, 5) is 17.8. The van der Waals surface area contributed by atoms with Crippen LogP contribution in [-0.2, 0) is 11.2 Å². The summed E-state index contributed by atoms with van der Waals surface area (Å²) in [6.45, 7) is 0. The van der Waals surface area contributed by atoms with Crippen molar-refractivity contribution in [3.63, 3.8) is 0 Å². The molecule has 10 nitrogen and oxygen atoms in total. The van der Waals surface area contributed by atoms with Crippen LogP contribution >= 0.6 is 0 Å². The first-order valence-corrected chi connectivity index (χ1v) is 7.94. The van der Waals surface area contributed by atoms with E-state index in [-0.39, 0.29) is 18.2 Å². The Morgan fingerprint density at radius 1 is 1.11 bits per heavy atom. The average Bonchev–Trinajstić information content (AvgIpc) is 3.17. The minimum absolute atomic E-state index is 0.0782. The van der Waals surface area contributed by atoms with Gasteiger partial charge in [0.25, 0.3) is 0 Å². The van der Waals surface area contributed by atoms with Gasteiger partial charge in [0.1, 0.15) is 22.9 Å². The molecule has 0 saturated carbocycles. The first kappa shape index (κ1) is 18.1. The van der Waals surface area contributed by atoms with Crippen molar-refractivity contribution < 1.29 is 19.0 Å². The summed E-state index contributed by atoms with van der Waals surface area (Å²) >= 11 is 0. The first-order chi connectivity index (χ1) is 13.1. The van der Waals surface area contributed by atoms with Crippen molar-refractivity contribution in [2.24, 2.45) is 0 Å². The molecule has 0 atom stereocenters. The normalized spacial score (nSPS) is 10.3. The van der Waals surface area contributed by atoms with Crippen LogP contribution in [0.25, 0.3) is 5.82 Å². The van der Waals surface area contributed by atoms with Gasteiger partial charge in [-0.05, 0) is 17.3 Å². The molecule has 3 aromatic rings. The van der Waals surface area contributed by atoms with Crippen molar-refractivity contribution in [1.29, 1.82) is 0 Å². The highest BCUT2D eigenvalue weighted by Gasteiger charge is 2.17. The van der Waals surface area contributed by atoms with Crippen LogP contribution in [0.5, 0.6) is 17.2 Å². The molecule has 140 valence electrons. The molecule has 2 aromatic heterocycles. The number of tetrazole rings is 1. The van der Waals surface area contributed by atoms with E-state index in [0.29, 0.717) is 28.8 Å². The second kappa shape index (κ2) is 8.13. The fourth-order valence-electron chi connectivity index (χ4n) is 2.34. The van der Waals surface area contributed by atoms with Gasteiger partial charge in [-0.2, -0.15) is 0 Å². The summed E-state index contributed by atoms with van der Waals surface area (Å²) in [5.74, 6) is 1.77. The van der Waals surface area contributed by atoms with E-state index in [0.717, 1.165) is 0 Å². The summed E-state index contributed by atoms with van der Waals surface area (Å²) < 4.78 is 15.8. The monoisotopic (exact) mass is 370 g/mol. The standard InChI is InChI=1S/C17H18N6O4/c1-25-11-8-12(26-2)17(13(9-11)27-3)19-16(24)10-14-20-22-23(21-14)15-6-4-5-7-18-15/h4-9H,10H2,1-3H3,(H,19,24). The number of rotatable bonds is 7. The lowest BCUT2D eigenvalue weighted by molar-refractivity contribution is -0.115. The third-order valence-electron chi connectivity index (χ3n) is 3.61. The highest BCUT2D eigenvalue weighted by Crippen LogP contribution is 2.38. The van der Waals surface area contributed by atoms with Crippen molar-refractivity contribution in [2.45, 2.75) is 6.42 Å². The number of hydrogen-bond acceptors (Lipinski definition) is 8. The smallest absolute Gasteiger partial charge is 0.232 e. The van der Waals surface area contributed by atoms with Crippen LogP contribution in [0.2, 0.25) is 0 Å². The Bertz CT molecular complexity index is 903. The predicted molar refractivity (Wildman–Crippen MR) is 95.4 cm³/mol. The maximum Gasteiger partial charge on any atom is 0.232 e. The number of nitrogens with zero attached hydrogens (tertiary/aromatic N) is 5. The van der Waals surface area contributed by atoms with E-state index >= 15 is 0 Å². The van der Waals surface area contributed by atoms with Gasteiger partial charge in [-0.15, -0.1) is 15.0 Å². The Morgan fingerprint density at radius 3 is 2.44 bits per heavy atom. The lowest BCUT2D eigenvalue weighted by Crippen LogP contribution is -2.17. The van der Waals surface area contributed by atoms with Crippen LogP contribution < -0.4 is 19.5 Å². The number of aromatic nitrogens is 5. The molecule has 0 aliphatic carbocycles. The van der Waals surface area contributed by atoms with Crippen LogP contribution in [-0.4, -0.2) is 52.4 Å². The van der Waals surface area contributed by atoms with E-state index in [4.69, 9.17) is 14.2 Å². The molecule has 1 N–H and O–H groups in total. The molecule has 1 aromatic carbocycles. The first-order valence-electron chi connectivity index (χ1n) is 7.94. The number of nitrogens with one attached hydrogen (secondary N) is 1. The molecule has 0 spiro atoms. The van der Waals surface area contributed by atoms with Crippen molar-refractivity contribution >= 4 is 11.6 Å². The van der Waals surface area contributed by atoms with Crippen molar-refractivity contribution in [3.8, 4) is 23.1 Å². The van der Waals surface area contributed by atoms with Gasteiger partial charge >= 0.3 is 0 Å². The summed E-state index contributed by atoms with van der Waals surface area (Å²) in [5.41, 5.74) is 0.392. The number of carbonyl (C=O) groups excluding carboxylic acids is 1. The minimum Gasteiger partial charge on any atom is -0.496 e. The average molecular weight is 370 g/mol. The summed E-state index contributed by atoms with van der Waals surface area (Å²) in [7, 11) is 4.51. The molecular weight excluding hydrogens is 352 g/mol. The highest BCUT2D eigenvalue weighted by atomic mass is 16.5. The van der Waals surface area contributed by atoms with Crippen LogP contribution in [0.1, 0.15) is 5.82 Å². The minimum atomic E-state index is -0.350. The molecule has 2 heterocycles. The van der Waals surface area contributed by atoms with E-state index in [1.165, 1.54) is 26.1 Å². The fraction of sp³-hybridized carbons (Fsp3) is 0.235. The third kappa shape index (κ3) is 4.11. The number of benzene rings is 1. The van der Waals surface area contributed by atoms with Crippen molar-refractivity contribution in [3.05, 3.63) is 42.4 Å². The molecule has 0 radical (unpaired) electrons. The van der Waals surface area contributed by atoms with Gasteiger partial charge in [-0.1, -0.05) is 6.07 Å². The SMILES string of the molecule is COc1cc(OC)c(NC(=O)Cc2nnn(-c3ccccn3)n2)c(OC)c1. The Balaban J connectivity index is 1.76. The number of hydrogen-bond donors (Lipinski definition) is 1. The molecule has 0 aliphatic rings. The zero-order valence-corrected chi connectivity index (χ0v) is 15.0. The van der Waals surface area contributed by atoms with E-state index < -0.39 is 0 Å². The number of anilines is 1. The van der Waals surface area contributed by atoms with Gasteiger partial charge in [0.15, 0.2) is 11.6 Å². The second-order valence-electron chi connectivity index (χ2n) is 5.31. The van der Waals surface area contributed by atoms with Gasteiger partial charge in [0.2, 0.25) is 5.91 Å². The molecule has 3 rings (SSSR count). The third-order valence-corrected chi connectivity index (χ3v) is 3.61. The maximum atomic E-state index is 12.4. The molecule has 27 heavy (non-hydrogen) atoms. The number of pyridine rings is 1. The largest absolute Gasteiger partial charge is 0.496 e. The summed E-state index contributed by atoms with van der Waals surface area (Å²) in [5, 5.41) is 14.7. The van der Waals surface area contributed by atoms with Gasteiger partial charge in [0.05, 0.1) is 27.8 Å². The lowest BCUT2D eigenvalue weighted by Gasteiger charge is -2.15. The molecule has 0 fully saturated rings. The van der Waals surface area contributed by atoms with Gasteiger partial charge in [-0.25, -0.2) is 4.98 Å². The zero-order valence-electron chi connectivity index (χ0n) is 15.0. The summed E-state index contributed by atoms with van der Waals surface area (Å²) in [6, 6.07) is 8.62. The molecule has 0 bridgehead atoms. The highest BCUT2D eigenvalue weighted by molar-refractivity contribution is 5.95. The van der Waals surface area contributed by atoms with E-state index in [9.17, 15) is 4.79 Å². The number of methoxy groups -OCH3 is 3. The van der Waals surface area contributed by atoms with Gasteiger partial charge in [-0.3, -0.25) is 4.79 Å². The Labute approximate surface area is 155 Å². The van der Waals surface area contributed by atoms with Crippen LogP contribution in [0, 0.1) is 0 Å². The van der Waals surface area contributed by atoms with Crippen LogP contribution in [0.4, 0.5) is 5.69 Å². The maximum absolute atomic E-state index is 12.4. The molecule has 0 unspecified atom stereocenters. The Kier molecular flexibility index (Phi) is 5.45. The molecular formula is C17H18N6O4. The predicted octanol–water partition coefficient (Wildman–Crippen LogP) is 1.26. The zero-order chi connectivity index (χ0) is 19.2. The molecule has 0 saturated heterocycles. The van der Waals surface area contributed by atoms with Crippen LogP contribution in [0.3, 0.4) is 0 Å². The molecule has 0 aliphatic heterocycles. The number of carbonyl (C=O) groups is 1. The summed E-state index contributed by atoms with van der Waals surface area (Å²) in [6.07, 6.45) is 1.54. The topological polar surface area (TPSA) is 113 Å². The van der Waals surface area contributed by atoms with Gasteiger partial charge in [0, 0.05) is 18.3 Å². The Morgan fingerprint density at radius 2 is 1.85 bits per heavy atom. The van der Waals surface area contributed by atoms with E-state index in [1.807, 2.05) is 0 Å². The van der Waals surface area contributed by atoms with Crippen LogP contribution in [0.15, 0.2) is 36.5 Å². The number of ether oxygens (including phenoxy) is 3. The van der Waals surface area contributed by atoms with Gasteiger partial charge < -0.3 is 19.5 Å². The molecule has 10 heteroatoms. The fourth-order valence-corrected chi connectivity index (χ4v) is 2.34. The molecule has 1 amide bonds.